The van der Waals surface area contributed by atoms with Crippen molar-refractivity contribution in [3.63, 3.8) is 0 Å². The number of ether oxygens (including phenoxy) is 2. The van der Waals surface area contributed by atoms with Gasteiger partial charge in [0, 0.05) is 0 Å². The molecular formula is C20H30O4. The van der Waals surface area contributed by atoms with Crippen LogP contribution in [0.25, 0.3) is 0 Å². The number of benzene rings is 1. The largest absolute Gasteiger partial charge is 0.497 e. The monoisotopic (exact) mass is 334 g/mol. The van der Waals surface area contributed by atoms with E-state index >= 15 is 0 Å². The third-order valence-corrected chi connectivity index (χ3v) is 5.98. The Bertz CT molecular complexity index is 562. The lowest BCUT2D eigenvalue weighted by Crippen LogP contribution is -2.50. The van der Waals surface area contributed by atoms with Gasteiger partial charge in [-0.25, -0.2) is 0 Å². The SMILES string of the molecule is COc1ccc(C2C[C@@H](O)[C@@]3(CC[C@H](C(C)(C)O)O3)CC2C)cc1. The second kappa shape index (κ2) is 6.32. The van der Waals surface area contributed by atoms with Gasteiger partial charge >= 0.3 is 0 Å². The van der Waals surface area contributed by atoms with E-state index in [0.717, 1.165) is 25.0 Å². The van der Waals surface area contributed by atoms with Crippen molar-refractivity contribution in [2.75, 3.05) is 7.11 Å². The molecule has 1 aromatic carbocycles. The minimum absolute atomic E-state index is 0.197. The lowest BCUT2D eigenvalue weighted by atomic mass is 9.67. The predicted molar refractivity (Wildman–Crippen MR) is 93.3 cm³/mol. The second-order valence-corrected chi connectivity index (χ2v) is 8.18. The molecule has 2 aliphatic rings. The zero-order valence-corrected chi connectivity index (χ0v) is 15.2. The van der Waals surface area contributed by atoms with Crippen LogP contribution in [-0.4, -0.2) is 40.7 Å². The van der Waals surface area contributed by atoms with Gasteiger partial charge in [-0.1, -0.05) is 19.1 Å². The van der Waals surface area contributed by atoms with E-state index in [4.69, 9.17) is 9.47 Å². The van der Waals surface area contributed by atoms with Gasteiger partial charge < -0.3 is 19.7 Å². The van der Waals surface area contributed by atoms with Gasteiger partial charge in [0.15, 0.2) is 0 Å². The van der Waals surface area contributed by atoms with Gasteiger partial charge in [0.05, 0.1) is 30.5 Å². The highest BCUT2D eigenvalue weighted by atomic mass is 16.5. The molecule has 1 saturated heterocycles. The van der Waals surface area contributed by atoms with Crippen molar-refractivity contribution in [2.45, 2.75) is 75.8 Å². The molecule has 2 fully saturated rings. The molecule has 4 nitrogen and oxygen atoms in total. The highest BCUT2D eigenvalue weighted by Crippen LogP contribution is 2.50. The molecule has 1 aliphatic heterocycles. The van der Waals surface area contributed by atoms with E-state index in [1.165, 1.54) is 5.56 Å². The number of aliphatic hydroxyl groups is 2. The smallest absolute Gasteiger partial charge is 0.118 e. The Labute approximate surface area is 144 Å². The Balaban J connectivity index is 1.75. The van der Waals surface area contributed by atoms with Crippen molar-refractivity contribution in [1.82, 2.24) is 0 Å². The summed E-state index contributed by atoms with van der Waals surface area (Å²) in [5.41, 5.74) is -0.110. The third kappa shape index (κ3) is 3.19. The van der Waals surface area contributed by atoms with Crippen molar-refractivity contribution in [3.05, 3.63) is 29.8 Å². The van der Waals surface area contributed by atoms with Crippen molar-refractivity contribution in [2.24, 2.45) is 5.92 Å². The van der Waals surface area contributed by atoms with E-state index in [1.54, 1.807) is 21.0 Å². The summed E-state index contributed by atoms with van der Waals surface area (Å²) in [6, 6.07) is 8.16. The topological polar surface area (TPSA) is 58.9 Å². The van der Waals surface area contributed by atoms with Crippen LogP contribution in [0, 0.1) is 5.92 Å². The first-order valence-electron chi connectivity index (χ1n) is 8.97. The van der Waals surface area contributed by atoms with Gasteiger partial charge in [-0.05, 0) is 69.1 Å². The van der Waals surface area contributed by atoms with Crippen molar-refractivity contribution in [3.8, 4) is 5.75 Å². The summed E-state index contributed by atoms with van der Waals surface area (Å²) in [4.78, 5) is 0. The molecule has 1 spiro atoms. The molecule has 2 N–H and O–H groups in total. The molecule has 0 radical (unpaired) electrons. The molecule has 0 amide bonds. The summed E-state index contributed by atoms with van der Waals surface area (Å²) in [5, 5.41) is 21.1. The fourth-order valence-corrected chi connectivity index (χ4v) is 4.50. The van der Waals surface area contributed by atoms with E-state index in [1.807, 2.05) is 12.1 Å². The molecule has 5 atom stereocenters. The fourth-order valence-electron chi connectivity index (χ4n) is 4.50. The Morgan fingerprint density at radius 3 is 2.46 bits per heavy atom. The van der Waals surface area contributed by atoms with Crippen LogP contribution in [-0.2, 0) is 4.74 Å². The summed E-state index contributed by atoms with van der Waals surface area (Å²) in [6.07, 6.45) is 2.47. The zero-order chi connectivity index (χ0) is 17.5. The Morgan fingerprint density at radius 1 is 1.25 bits per heavy atom. The predicted octanol–water partition coefficient (Wildman–Crippen LogP) is 3.26. The second-order valence-electron chi connectivity index (χ2n) is 8.18. The molecule has 1 aromatic rings. The van der Waals surface area contributed by atoms with Crippen LogP contribution in [0.15, 0.2) is 24.3 Å². The zero-order valence-electron chi connectivity index (χ0n) is 15.2. The molecule has 3 rings (SSSR count). The first-order chi connectivity index (χ1) is 11.2. The first kappa shape index (κ1) is 17.7. The summed E-state index contributed by atoms with van der Waals surface area (Å²) >= 11 is 0. The van der Waals surface area contributed by atoms with E-state index in [0.29, 0.717) is 18.3 Å². The lowest BCUT2D eigenvalue weighted by molar-refractivity contribution is -0.182. The highest BCUT2D eigenvalue weighted by Gasteiger charge is 2.53. The number of hydrogen-bond acceptors (Lipinski definition) is 4. The van der Waals surface area contributed by atoms with Gasteiger partial charge in [0.25, 0.3) is 0 Å². The highest BCUT2D eigenvalue weighted by molar-refractivity contribution is 5.30. The molecule has 134 valence electrons. The molecule has 24 heavy (non-hydrogen) atoms. The number of hydrogen-bond donors (Lipinski definition) is 2. The minimum atomic E-state index is -0.862. The number of methoxy groups -OCH3 is 1. The van der Waals surface area contributed by atoms with Gasteiger partial charge in [-0.15, -0.1) is 0 Å². The fraction of sp³-hybridized carbons (Fsp3) is 0.700. The number of aliphatic hydroxyl groups excluding tert-OH is 1. The van der Waals surface area contributed by atoms with Crippen molar-refractivity contribution in [1.29, 1.82) is 0 Å². The maximum absolute atomic E-state index is 10.9. The molecular weight excluding hydrogens is 304 g/mol. The van der Waals surface area contributed by atoms with Crippen LogP contribution >= 0.6 is 0 Å². The average molecular weight is 334 g/mol. The molecule has 4 heteroatoms. The van der Waals surface area contributed by atoms with Crippen molar-refractivity contribution >= 4 is 0 Å². The molecule has 0 bridgehead atoms. The van der Waals surface area contributed by atoms with Crippen LogP contribution in [0.5, 0.6) is 5.75 Å². The van der Waals surface area contributed by atoms with Crippen LogP contribution in [0.2, 0.25) is 0 Å². The lowest BCUT2D eigenvalue weighted by Gasteiger charge is -2.45. The van der Waals surface area contributed by atoms with E-state index < -0.39 is 17.3 Å². The maximum atomic E-state index is 10.9. The van der Waals surface area contributed by atoms with Crippen LogP contribution in [0.1, 0.15) is 57.9 Å². The molecule has 1 heterocycles. The summed E-state index contributed by atoms with van der Waals surface area (Å²) in [7, 11) is 1.67. The van der Waals surface area contributed by atoms with Crippen LogP contribution in [0.4, 0.5) is 0 Å². The quantitative estimate of drug-likeness (QED) is 0.891. The van der Waals surface area contributed by atoms with E-state index in [9.17, 15) is 10.2 Å². The Kier molecular flexibility index (Phi) is 4.67. The van der Waals surface area contributed by atoms with Gasteiger partial charge in [-0.2, -0.15) is 0 Å². The van der Waals surface area contributed by atoms with Gasteiger partial charge in [0.2, 0.25) is 0 Å². The van der Waals surface area contributed by atoms with E-state index in [-0.39, 0.29) is 6.10 Å². The van der Waals surface area contributed by atoms with Crippen LogP contribution < -0.4 is 4.74 Å². The summed E-state index contributed by atoms with van der Waals surface area (Å²) in [6.45, 7) is 5.81. The first-order valence-corrected chi connectivity index (χ1v) is 8.97. The standard InChI is InChI=1S/C20H30O4/c1-13-12-20(10-9-18(24-20)19(2,3)22)17(21)11-16(13)14-5-7-15(23-4)8-6-14/h5-8,13,16-18,21-22H,9-12H2,1-4H3/t13?,16?,17-,18-,20-/m1/s1. The molecule has 2 unspecified atom stereocenters. The number of rotatable bonds is 3. The van der Waals surface area contributed by atoms with E-state index in [2.05, 4.69) is 19.1 Å². The maximum Gasteiger partial charge on any atom is 0.118 e. The average Bonchev–Trinajstić information content (AvgIpc) is 2.96. The van der Waals surface area contributed by atoms with Crippen LogP contribution in [0.3, 0.4) is 0 Å². The molecule has 1 saturated carbocycles. The summed E-state index contributed by atoms with van der Waals surface area (Å²) in [5.74, 6) is 1.59. The summed E-state index contributed by atoms with van der Waals surface area (Å²) < 4.78 is 11.5. The van der Waals surface area contributed by atoms with Crippen molar-refractivity contribution < 1.29 is 19.7 Å². The van der Waals surface area contributed by atoms with Gasteiger partial charge in [0.1, 0.15) is 5.75 Å². The van der Waals surface area contributed by atoms with Gasteiger partial charge in [-0.3, -0.25) is 0 Å². The molecule has 0 aromatic heterocycles. The molecule has 1 aliphatic carbocycles. The normalized spacial score (nSPS) is 36.9. The Morgan fingerprint density at radius 2 is 1.92 bits per heavy atom. The minimum Gasteiger partial charge on any atom is -0.497 e. The third-order valence-electron chi connectivity index (χ3n) is 5.98. The Hall–Kier alpha value is -1.10.